The Bertz CT molecular complexity index is 825. The number of carbonyl (C=O) groups excluding carboxylic acids is 4. The zero-order valence-electron chi connectivity index (χ0n) is 16.5. The Balaban J connectivity index is 1.64. The van der Waals surface area contributed by atoms with Crippen LogP contribution in [0.1, 0.15) is 45.5 Å². The summed E-state index contributed by atoms with van der Waals surface area (Å²) in [4.78, 5) is 52.0. The van der Waals surface area contributed by atoms with Crippen molar-refractivity contribution in [2.45, 2.75) is 31.8 Å². The minimum Gasteiger partial charge on any atom is -0.380 e. The number of benzene rings is 1. The molecule has 0 spiro atoms. The third-order valence-corrected chi connectivity index (χ3v) is 5.07. The molecular formula is C20H26N4O5. The van der Waals surface area contributed by atoms with Crippen LogP contribution in [0, 0.1) is 0 Å². The summed E-state index contributed by atoms with van der Waals surface area (Å²) in [6, 6.07) is 4.19. The van der Waals surface area contributed by atoms with E-state index in [1.54, 1.807) is 12.1 Å². The Morgan fingerprint density at radius 3 is 2.66 bits per heavy atom. The maximum atomic E-state index is 12.8. The maximum absolute atomic E-state index is 12.8. The highest BCUT2D eigenvalue weighted by molar-refractivity contribution is 6.23. The third kappa shape index (κ3) is 4.69. The highest BCUT2D eigenvalue weighted by Gasteiger charge is 2.44. The minimum atomic E-state index is -0.947. The van der Waals surface area contributed by atoms with E-state index in [0.29, 0.717) is 31.9 Å². The molecule has 0 radical (unpaired) electrons. The van der Waals surface area contributed by atoms with Gasteiger partial charge in [0.1, 0.15) is 6.04 Å². The number of piperidine rings is 1. The first-order chi connectivity index (χ1) is 13.9. The van der Waals surface area contributed by atoms with Gasteiger partial charge in [0.2, 0.25) is 11.8 Å². The van der Waals surface area contributed by atoms with Crippen molar-refractivity contribution in [2.24, 2.45) is 5.73 Å². The Labute approximate surface area is 169 Å². The summed E-state index contributed by atoms with van der Waals surface area (Å²) in [6.45, 7) is 3.13. The second kappa shape index (κ2) is 9.25. The average Bonchev–Trinajstić information content (AvgIpc) is 2.92. The summed E-state index contributed by atoms with van der Waals surface area (Å²) < 4.78 is 5.50. The smallest absolute Gasteiger partial charge is 0.262 e. The Morgan fingerprint density at radius 2 is 1.93 bits per heavy atom. The van der Waals surface area contributed by atoms with Crippen molar-refractivity contribution < 1.29 is 23.9 Å². The van der Waals surface area contributed by atoms with Crippen LogP contribution in [0.15, 0.2) is 18.2 Å². The van der Waals surface area contributed by atoms with E-state index in [1.807, 2.05) is 13.1 Å². The molecule has 1 saturated heterocycles. The van der Waals surface area contributed by atoms with Crippen molar-refractivity contribution in [1.82, 2.24) is 15.1 Å². The van der Waals surface area contributed by atoms with Gasteiger partial charge in [0.15, 0.2) is 0 Å². The third-order valence-electron chi connectivity index (χ3n) is 5.07. The zero-order chi connectivity index (χ0) is 21.0. The molecule has 2 aliphatic rings. The van der Waals surface area contributed by atoms with Gasteiger partial charge in [0, 0.05) is 26.1 Å². The van der Waals surface area contributed by atoms with Crippen LogP contribution in [0.5, 0.6) is 0 Å². The second-order valence-corrected chi connectivity index (χ2v) is 7.32. The lowest BCUT2D eigenvalue weighted by molar-refractivity contribution is -0.136. The fourth-order valence-corrected chi connectivity index (χ4v) is 3.52. The van der Waals surface area contributed by atoms with Gasteiger partial charge in [-0.15, -0.1) is 0 Å². The number of imide groups is 2. The molecule has 1 aromatic carbocycles. The molecule has 1 unspecified atom stereocenters. The Morgan fingerprint density at radius 1 is 1.17 bits per heavy atom. The number of nitrogens with one attached hydrogen (secondary N) is 1. The predicted molar refractivity (Wildman–Crippen MR) is 104 cm³/mol. The van der Waals surface area contributed by atoms with Gasteiger partial charge in [-0.05, 0) is 44.1 Å². The fraction of sp³-hybridized carbons (Fsp3) is 0.500. The normalized spacial score (nSPS) is 19.1. The summed E-state index contributed by atoms with van der Waals surface area (Å²) in [5.41, 5.74) is 6.90. The molecule has 3 N–H and O–H groups in total. The van der Waals surface area contributed by atoms with E-state index in [9.17, 15) is 19.2 Å². The number of rotatable bonds is 9. The molecule has 3 rings (SSSR count). The lowest BCUT2D eigenvalue weighted by atomic mass is 10.0. The van der Waals surface area contributed by atoms with E-state index >= 15 is 0 Å². The molecule has 9 heteroatoms. The number of ether oxygens (including phenoxy) is 1. The lowest BCUT2D eigenvalue weighted by Crippen LogP contribution is -2.54. The molecule has 1 atom stereocenters. The molecule has 0 aromatic heterocycles. The number of fused-ring (bicyclic) bond motifs is 1. The van der Waals surface area contributed by atoms with Crippen LogP contribution in [-0.2, 0) is 20.9 Å². The van der Waals surface area contributed by atoms with Gasteiger partial charge in [-0.2, -0.15) is 0 Å². The van der Waals surface area contributed by atoms with E-state index in [4.69, 9.17) is 10.5 Å². The largest absolute Gasteiger partial charge is 0.380 e. The van der Waals surface area contributed by atoms with E-state index in [0.717, 1.165) is 23.4 Å². The average molecular weight is 402 g/mol. The minimum absolute atomic E-state index is 0.104. The van der Waals surface area contributed by atoms with Crippen molar-refractivity contribution in [3.05, 3.63) is 34.9 Å². The molecular weight excluding hydrogens is 376 g/mol. The molecule has 156 valence electrons. The van der Waals surface area contributed by atoms with Crippen LogP contribution in [0.2, 0.25) is 0 Å². The Hall–Kier alpha value is -2.62. The van der Waals surface area contributed by atoms with Crippen molar-refractivity contribution in [3.8, 4) is 0 Å². The molecule has 4 amide bonds. The van der Waals surface area contributed by atoms with Crippen LogP contribution in [0.4, 0.5) is 0 Å². The topological polar surface area (TPSA) is 122 Å². The number of nitrogens with zero attached hydrogens (tertiary/aromatic N) is 2. The van der Waals surface area contributed by atoms with Gasteiger partial charge >= 0.3 is 0 Å². The number of hydrogen-bond donors (Lipinski definition) is 2. The Kier molecular flexibility index (Phi) is 6.73. The molecule has 9 nitrogen and oxygen atoms in total. The fourth-order valence-electron chi connectivity index (χ4n) is 3.52. The van der Waals surface area contributed by atoms with Gasteiger partial charge in [-0.1, -0.05) is 6.07 Å². The maximum Gasteiger partial charge on any atom is 0.262 e. The standard InChI is InChI=1S/C20H26N4O5/c1-23(8-10-29-9-2-7-21)12-13-3-4-14-15(11-13)20(28)24(19(14)27)16-5-6-17(25)22-18(16)26/h3-4,11,16H,2,5-10,12,21H2,1H3,(H,22,25,26). The van der Waals surface area contributed by atoms with E-state index < -0.39 is 23.8 Å². The first-order valence-electron chi connectivity index (χ1n) is 9.73. The molecule has 2 heterocycles. The first-order valence-corrected chi connectivity index (χ1v) is 9.73. The number of likely N-dealkylation sites (N-methyl/N-ethyl adjacent to an activating group) is 1. The summed E-state index contributed by atoms with van der Waals surface area (Å²) in [7, 11) is 1.95. The molecule has 2 aliphatic heterocycles. The summed E-state index contributed by atoms with van der Waals surface area (Å²) in [6.07, 6.45) is 1.08. The molecule has 29 heavy (non-hydrogen) atoms. The summed E-state index contributed by atoms with van der Waals surface area (Å²) >= 11 is 0. The first kappa shape index (κ1) is 21.1. The van der Waals surface area contributed by atoms with Crippen LogP contribution in [0.3, 0.4) is 0 Å². The zero-order valence-corrected chi connectivity index (χ0v) is 16.5. The quantitative estimate of drug-likeness (QED) is 0.436. The molecule has 1 aromatic rings. The van der Waals surface area contributed by atoms with Crippen molar-refractivity contribution in [1.29, 1.82) is 0 Å². The molecule has 0 aliphatic carbocycles. The van der Waals surface area contributed by atoms with E-state index in [2.05, 4.69) is 10.2 Å². The van der Waals surface area contributed by atoms with Crippen LogP contribution < -0.4 is 11.1 Å². The van der Waals surface area contributed by atoms with Gasteiger partial charge in [-0.25, -0.2) is 0 Å². The number of nitrogens with two attached hydrogens (primary N) is 1. The lowest BCUT2D eigenvalue weighted by Gasteiger charge is -2.27. The van der Waals surface area contributed by atoms with Crippen LogP contribution in [0.25, 0.3) is 0 Å². The predicted octanol–water partition coefficient (Wildman–Crippen LogP) is -0.115. The molecule has 0 saturated carbocycles. The highest BCUT2D eigenvalue weighted by Crippen LogP contribution is 2.28. The SMILES string of the molecule is CN(CCOCCCN)Cc1ccc2c(c1)C(=O)N(C1CCC(=O)NC1=O)C2=O. The molecule has 0 bridgehead atoms. The van der Waals surface area contributed by atoms with Crippen LogP contribution in [-0.4, -0.2) is 72.8 Å². The van der Waals surface area contributed by atoms with Gasteiger partial charge < -0.3 is 10.5 Å². The van der Waals surface area contributed by atoms with Crippen molar-refractivity contribution >= 4 is 23.6 Å². The number of hydrogen-bond acceptors (Lipinski definition) is 7. The van der Waals surface area contributed by atoms with Crippen molar-refractivity contribution in [3.63, 3.8) is 0 Å². The van der Waals surface area contributed by atoms with Crippen LogP contribution >= 0.6 is 0 Å². The number of carbonyl (C=O) groups is 4. The molecule has 1 fully saturated rings. The summed E-state index contributed by atoms with van der Waals surface area (Å²) in [5, 5.41) is 2.19. The van der Waals surface area contributed by atoms with Gasteiger partial charge in [0.25, 0.3) is 11.8 Å². The van der Waals surface area contributed by atoms with Gasteiger partial charge in [0.05, 0.1) is 17.7 Å². The van der Waals surface area contributed by atoms with E-state index in [1.165, 1.54) is 0 Å². The number of amides is 4. The highest BCUT2D eigenvalue weighted by atomic mass is 16.5. The van der Waals surface area contributed by atoms with Crippen molar-refractivity contribution in [2.75, 3.05) is 33.4 Å². The van der Waals surface area contributed by atoms with E-state index in [-0.39, 0.29) is 24.3 Å². The summed E-state index contributed by atoms with van der Waals surface area (Å²) in [5.74, 6) is -1.98. The monoisotopic (exact) mass is 402 g/mol. The van der Waals surface area contributed by atoms with Gasteiger partial charge in [-0.3, -0.25) is 34.3 Å². The second-order valence-electron chi connectivity index (χ2n) is 7.32.